The first-order valence-electron chi connectivity index (χ1n) is 9.48. The van der Waals surface area contributed by atoms with E-state index in [1.165, 1.54) is 0 Å². The SMILES string of the molecule is O=C(c1cc2ccccc2[nH]1)N1CCC[C@@H](Cc2nc(-c3ccsc3)no2)C1. The molecule has 0 radical (unpaired) electrons. The predicted molar refractivity (Wildman–Crippen MR) is 108 cm³/mol. The lowest BCUT2D eigenvalue weighted by atomic mass is 9.94. The fourth-order valence-electron chi connectivity index (χ4n) is 3.87. The molecule has 1 aliphatic heterocycles. The third-order valence-electron chi connectivity index (χ3n) is 5.28. The molecule has 7 heteroatoms. The molecular weight excluding hydrogens is 372 g/mol. The highest BCUT2D eigenvalue weighted by Crippen LogP contribution is 2.25. The molecule has 1 atom stereocenters. The van der Waals surface area contributed by atoms with Crippen LogP contribution in [0.4, 0.5) is 0 Å². The van der Waals surface area contributed by atoms with Crippen LogP contribution in [0.3, 0.4) is 0 Å². The number of nitrogens with zero attached hydrogens (tertiary/aromatic N) is 3. The van der Waals surface area contributed by atoms with Gasteiger partial charge in [-0.1, -0.05) is 23.4 Å². The van der Waals surface area contributed by atoms with E-state index in [2.05, 4.69) is 15.1 Å². The number of para-hydroxylation sites is 1. The van der Waals surface area contributed by atoms with Gasteiger partial charge in [-0.3, -0.25) is 4.79 Å². The minimum atomic E-state index is 0.0605. The van der Waals surface area contributed by atoms with Crippen molar-refractivity contribution in [1.29, 1.82) is 0 Å². The Balaban J connectivity index is 1.27. The van der Waals surface area contributed by atoms with Crippen molar-refractivity contribution in [2.45, 2.75) is 19.3 Å². The number of carbonyl (C=O) groups is 1. The zero-order chi connectivity index (χ0) is 18.9. The molecule has 6 nitrogen and oxygen atoms in total. The fraction of sp³-hybridized carbons (Fsp3) is 0.286. The highest BCUT2D eigenvalue weighted by atomic mass is 32.1. The Labute approximate surface area is 166 Å². The lowest BCUT2D eigenvalue weighted by Crippen LogP contribution is -2.40. The zero-order valence-electron chi connectivity index (χ0n) is 15.3. The maximum atomic E-state index is 13.0. The molecule has 1 aliphatic rings. The van der Waals surface area contributed by atoms with E-state index < -0.39 is 0 Å². The Kier molecular flexibility index (Phi) is 4.44. The van der Waals surface area contributed by atoms with Gasteiger partial charge in [0.25, 0.3) is 5.91 Å². The van der Waals surface area contributed by atoms with Crippen LogP contribution in [0.2, 0.25) is 0 Å². The summed E-state index contributed by atoms with van der Waals surface area (Å²) in [5, 5.41) is 9.16. The molecule has 0 unspecified atom stereocenters. The first-order chi connectivity index (χ1) is 13.8. The van der Waals surface area contributed by atoms with Crippen molar-refractivity contribution in [2.75, 3.05) is 13.1 Å². The molecule has 5 rings (SSSR count). The van der Waals surface area contributed by atoms with Gasteiger partial charge in [0, 0.05) is 41.4 Å². The first kappa shape index (κ1) is 17.2. The maximum Gasteiger partial charge on any atom is 0.270 e. The van der Waals surface area contributed by atoms with Crippen molar-refractivity contribution >= 4 is 28.1 Å². The Hall–Kier alpha value is -2.93. The molecule has 0 spiro atoms. The van der Waals surface area contributed by atoms with E-state index >= 15 is 0 Å². The molecule has 4 aromatic rings. The van der Waals surface area contributed by atoms with E-state index in [-0.39, 0.29) is 5.91 Å². The van der Waals surface area contributed by atoms with Crippen molar-refractivity contribution < 1.29 is 9.32 Å². The molecule has 142 valence electrons. The van der Waals surface area contributed by atoms with Crippen molar-refractivity contribution in [3.8, 4) is 11.4 Å². The van der Waals surface area contributed by atoms with E-state index in [4.69, 9.17) is 4.52 Å². The van der Waals surface area contributed by atoms with Gasteiger partial charge in [-0.2, -0.15) is 16.3 Å². The number of aromatic amines is 1. The lowest BCUT2D eigenvalue weighted by molar-refractivity contribution is 0.0663. The van der Waals surface area contributed by atoms with Crippen LogP contribution < -0.4 is 0 Å². The van der Waals surface area contributed by atoms with Gasteiger partial charge in [0.15, 0.2) is 0 Å². The number of aromatic nitrogens is 3. The van der Waals surface area contributed by atoms with Crippen LogP contribution in [-0.4, -0.2) is 39.0 Å². The van der Waals surface area contributed by atoms with Crippen LogP contribution >= 0.6 is 11.3 Å². The molecule has 0 bridgehead atoms. The van der Waals surface area contributed by atoms with Gasteiger partial charge >= 0.3 is 0 Å². The zero-order valence-corrected chi connectivity index (χ0v) is 16.1. The number of hydrogen-bond donors (Lipinski definition) is 1. The Morgan fingerprint density at radius 1 is 1.32 bits per heavy atom. The van der Waals surface area contributed by atoms with Crippen LogP contribution in [0.1, 0.15) is 29.2 Å². The van der Waals surface area contributed by atoms with Gasteiger partial charge in [0.2, 0.25) is 11.7 Å². The number of carbonyl (C=O) groups excluding carboxylic acids is 1. The van der Waals surface area contributed by atoms with Crippen LogP contribution in [0, 0.1) is 5.92 Å². The minimum Gasteiger partial charge on any atom is -0.351 e. The monoisotopic (exact) mass is 392 g/mol. The van der Waals surface area contributed by atoms with Crippen molar-refractivity contribution in [2.24, 2.45) is 5.92 Å². The third-order valence-corrected chi connectivity index (χ3v) is 5.96. The summed E-state index contributed by atoms with van der Waals surface area (Å²) in [5.41, 5.74) is 2.63. The Bertz CT molecular complexity index is 1070. The summed E-state index contributed by atoms with van der Waals surface area (Å²) in [7, 11) is 0. The number of amides is 1. The minimum absolute atomic E-state index is 0.0605. The van der Waals surface area contributed by atoms with E-state index in [1.54, 1.807) is 11.3 Å². The average molecular weight is 392 g/mol. The van der Waals surface area contributed by atoms with E-state index in [9.17, 15) is 4.79 Å². The van der Waals surface area contributed by atoms with Gasteiger partial charge < -0.3 is 14.4 Å². The number of H-pyrrole nitrogens is 1. The molecule has 0 saturated carbocycles. The molecule has 1 N–H and O–H groups in total. The average Bonchev–Trinajstić information content (AvgIpc) is 3.47. The normalized spacial score (nSPS) is 17.3. The molecule has 28 heavy (non-hydrogen) atoms. The number of nitrogens with one attached hydrogen (secondary N) is 1. The van der Waals surface area contributed by atoms with Gasteiger partial charge in [0.05, 0.1) is 0 Å². The van der Waals surface area contributed by atoms with Gasteiger partial charge in [-0.15, -0.1) is 0 Å². The second-order valence-electron chi connectivity index (χ2n) is 7.26. The molecule has 3 aromatic heterocycles. The highest BCUT2D eigenvalue weighted by molar-refractivity contribution is 7.08. The van der Waals surface area contributed by atoms with Gasteiger partial charge in [-0.25, -0.2) is 0 Å². The second-order valence-corrected chi connectivity index (χ2v) is 8.04. The topological polar surface area (TPSA) is 75.0 Å². The molecule has 4 heterocycles. The standard InChI is InChI=1S/C21H20N4O2S/c26-21(18-11-15-5-1-2-6-17(15)22-18)25-8-3-4-14(12-25)10-19-23-20(24-27-19)16-7-9-28-13-16/h1-2,5-7,9,11,13-14,22H,3-4,8,10,12H2/t14-/m0/s1. The van der Waals surface area contributed by atoms with E-state index in [0.717, 1.165) is 35.9 Å². The smallest absolute Gasteiger partial charge is 0.270 e. The van der Waals surface area contributed by atoms with Crippen LogP contribution in [0.5, 0.6) is 0 Å². The number of hydrogen-bond acceptors (Lipinski definition) is 5. The maximum absolute atomic E-state index is 13.0. The summed E-state index contributed by atoms with van der Waals surface area (Å²) < 4.78 is 5.45. The molecular formula is C21H20N4O2S. The number of fused-ring (bicyclic) bond motifs is 1. The molecule has 1 fully saturated rings. The van der Waals surface area contributed by atoms with Crippen LogP contribution in [-0.2, 0) is 6.42 Å². The number of likely N-dealkylation sites (tertiary alicyclic amines) is 1. The molecule has 1 saturated heterocycles. The number of benzene rings is 1. The van der Waals surface area contributed by atoms with Crippen molar-refractivity contribution in [1.82, 2.24) is 20.0 Å². The number of thiophene rings is 1. The third kappa shape index (κ3) is 3.33. The Morgan fingerprint density at radius 3 is 3.11 bits per heavy atom. The summed E-state index contributed by atoms with van der Waals surface area (Å²) in [6, 6.07) is 11.9. The fourth-order valence-corrected chi connectivity index (χ4v) is 4.50. The lowest BCUT2D eigenvalue weighted by Gasteiger charge is -2.31. The van der Waals surface area contributed by atoms with E-state index in [1.807, 2.05) is 52.1 Å². The van der Waals surface area contributed by atoms with E-state index in [0.29, 0.717) is 36.3 Å². The molecule has 0 aliphatic carbocycles. The number of rotatable bonds is 4. The number of piperidine rings is 1. The predicted octanol–water partition coefficient (Wildman–Crippen LogP) is 4.37. The summed E-state index contributed by atoms with van der Waals surface area (Å²) in [5.74, 6) is 1.67. The largest absolute Gasteiger partial charge is 0.351 e. The summed E-state index contributed by atoms with van der Waals surface area (Å²) >= 11 is 1.61. The summed E-state index contributed by atoms with van der Waals surface area (Å²) in [6.07, 6.45) is 2.75. The second kappa shape index (κ2) is 7.24. The highest BCUT2D eigenvalue weighted by Gasteiger charge is 2.27. The van der Waals surface area contributed by atoms with Crippen LogP contribution in [0.25, 0.3) is 22.3 Å². The quantitative estimate of drug-likeness (QED) is 0.559. The first-order valence-corrected chi connectivity index (χ1v) is 10.4. The Morgan fingerprint density at radius 2 is 2.25 bits per heavy atom. The summed E-state index contributed by atoms with van der Waals surface area (Å²) in [4.78, 5) is 22.7. The van der Waals surface area contributed by atoms with Gasteiger partial charge in [-0.05, 0) is 42.3 Å². The molecule has 1 amide bonds. The summed E-state index contributed by atoms with van der Waals surface area (Å²) in [6.45, 7) is 1.50. The molecule has 1 aromatic carbocycles. The van der Waals surface area contributed by atoms with Crippen LogP contribution in [0.15, 0.2) is 51.7 Å². The van der Waals surface area contributed by atoms with Crippen molar-refractivity contribution in [3.05, 3.63) is 58.7 Å². The van der Waals surface area contributed by atoms with Gasteiger partial charge in [0.1, 0.15) is 5.69 Å². The van der Waals surface area contributed by atoms with Crippen molar-refractivity contribution in [3.63, 3.8) is 0 Å².